The van der Waals surface area contributed by atoms with Gasteiger partial charge in [-0.3, -0.25) is 0 Å². The van der Waals surface area contributed by atoms with Crippen LogP contribution < -0.4 is 5.73 Å². The fourth-order valence-electron chi connectivity index (χ4n) is 1.89. The molecule has 0 aromatic heterocycles. The minimum Gasteiger partial charge on any atom is -0.330 e. The molecule has 1 unspecified atom stereocenters. The van der Waals surface area contributed by atoms with Crippen molar-refractivity contribution >= 4 is 10.2 Å². The first-order chi connectivity index (χ1) is 7.52. The summed E-state index contributed by atoms with van der Waals surface area (Å²) in [4.78, 5) is 0. The van der Waals surface area contributed by atoms with Gasteiger partial charge in [-0.2, -0.15) is 17.0 Å². The summed E-state index contributed by atoms with van der Waals surface area (Å²) >= 11 is 0. The molecule has 2 N–H and O–H groups in total. The third-order valence-electron chi connectivity index (χ3n) is 2.99. The summed E-state index contributed by atoms with van der Waals surface area (Å²) in [6, 6.07) is 0. The predicted octanol–water partition coefficient (Wildman–Crippen LogP) is 0.244. The molecule has 1 rings (SSSR count). The normalized spacial score (nSPS) is 20.5. The lowest BCUT2D eigenvalue weighted by molar-refractivity contribution is 0.335. The highest BCUT2D eigenvalue weighted by Crippen LogP contribution is 2.17. The number of hydrogen-bond donors (Lipinski definition) is 1. The Hall–Kier alpha value is -0.170. The molecule has 0 aliphatic carbocycles. The summed E-state index contributed by atoms with van der Waals surface area (Å²) in [5, 5.41) is 0. The molecule has 1 aliphatic rings. The van der Waals surface area contributed by atoms with Crippen LogP contribution in [-0.4, -0.2) is 49.8 Å². The second-order valence-electron chi connectivity index (χ2n) is 4.41. The molecule has 0 aromatic rings. The Balaban J connectivity index is 2.69. The molecule has 6 heteroatoms. The van der Waals surface area contributed by atoms with E-state index >= 15 is 0 Å². The lowest BCUT2D eigenvalue weighted by Crippen LogP contribution is -2.44. The van der Waals surface area contributed by atoms with Crippen LogP contribution in [0.1, 0.15) is 26.7 Å². The molecule has 1 aliphatic heterocycles. The summed E-state index contributed by atoms with van der Waals surface area (Å²) in [5.74, 6) is 0.206. The van der Waals surface area contributed by atoms with Gasteiger partial charge in [-0.05, 0) is 25.3 Å². The Bertz CT molecular complexity index is 299. The van der Waals surface area contributed by atoms with E-state index < -0.39 is 10.2 Å². The average Bonchev–Trinajstić information content (AvgIpc) is 2.78. The van der Waals surface area contributed by atoms with Crippen molar-refractivity contribution in [2.45, 2.75) is 26.7 Å². The minimum atomic E-state index is -3.24. The van der Waals surface area contributed by atoms with Crippen molar-refractivity contribution in [1.82, 2.24) is 8.61 Å². The van der Waals surface area contributed by atoms with Gasteiger partial charge in [-0.1, -0.05) is 13.8 Å². The van der Waals surface area contributed by atoms with Gasteiger partial charge in [0.25, 0.3) is 10.2 Å². The molecule has 96 valence electrons. The van der Waals surface area contributed by atoms with Gasteiger partial charge < -0.3 is 5.73 Å². The van der Waals surface area contributed by atoms with Gasteiger partial charge in [-0.15, -0.1) is 0 Å². The third-order valence-corrected chi connectivity index (χ3v) is 5.07. The minimum absolute atomic E-state index is 0.206. The molecule has 0 spiro atoms. The van der Waals surface area contributed by atoms with Crippen LogP contribution in [0.15, 0.2) is 0 Å². The zero-order chi connectivity index (χ0) is 12.2. The van der Waals surface area contributed by atoms with Crippen LogP contribution in [0.4, 0.5) is 0 Å². The van der Waals surface area contributed by atoms with Crippen LogP contribution in [-0.2, 0) is 10.2 Å². The van der Waals surface area contributed by atoms with Crippen LogP contribution in [0.2, 0.25) is 0 Å². The molecule has 0 aromatic carbocycles. The first-order valence-electron chi connectivity index (χ1n) is 5.97. The zero-order valence-electron chi connectivity index (χ0n) is 10.2. The van der Waals surface area contributed by atoms with Crippen molar-refractivity contribution in [1.29, 1.82) is 0 Å². The second kappa shape index (κ2) is 5.95. The highest BCUT2D eigenvalue weighted by atomic mass is 32.2. The molecular weight excluding hydrogens is 226 g/mol. The molecular formula is C10H23N3O2S. The van der Waals surface area contributed by atoms with E-state index in [2.05, 4.69) is 0 Å². The van der Waals surface area contributed by atoms with E-state index in [4.69, 9.17) is 5.73 Å². The second-order valence-corrected chi connectivity index (χ2v) is 6.33. The van der Waals surface area contributed by atoms with E-state index in [0.29, 0.717) is 32.7 Å². The third kappa shape index (κ3) is 3.16. The van der Waals surface area contributed by atoms with E-state index in [1.807, 2.05) is 13.8 Å². The van der Waals surface area contributed by atoms with Gasteiger partial charge in [0.1, 0.15) is 0 Å². The first-order valence-corrected chi connectivity index (χ1v) is 7.37. The number of hydrogen-bond acceptors (Lipinski definition) is 3. The first kappa shape index (κ1) is 13.9. The summed E-state index contributed by atoms with van der Waals surface area (Å²) in [6.45, 7) is 6.73. The Morgan fingerprint density at radius 3 is 2.38 bits per heavy atom. The van der Waals surface area contributed by atoms with Gasteiger partial charge in [-0.25, -0.2) is 0 Å². The fraction of sp³-hybridized carbons (Fsp3) is 1.00. The van der Waals surface area contributed by atoms with Gasteiger partial charge in [0.2, 0.25) is 0 Å². The van der Waals surface area contributed by atoms with Crippen molar-refractivity contribution in [3.05, 3.63) is 0 Å². The van der Waals surface area contributed by atoms with Crippen LogP contribution in [0.3, 0.4) is 0 Å². The Morgan fingerprint density at radius 2 is 1.94 bits per heavy atom. The number of nitrogens with zero attached hydrogens (tertiary/aromatic N) is 2. The summed E-state index contributed by atoms with van der Waals surface area (Å²) in [7, 11) is -3.24. The van der Waals surface area contributed by atoms with Crippen molar-refractivity contribution < 1.29 is 8.42 Å². The molecule has 0 amide bonds. The number of rotatable bonds is 6. The zero-order valence-corrected chi connectivity index (χ0v) is 11.0. The largest absolute Gasteiger partial charge is 0.330 e. The average molecular weight is 249 g/mol. The van der Waals surface area contributed by atoms with Crippen LogP contribution >= 0.6 is 0 Å². The molecule has 1 saturated heterocycles. The van der Waals surface area contributed by atoms with Crippen LogP contribution in [0.25, 0.3) is 0 Å². The highest BCUT2D eigenvalue weighted by Gasteiger charge is 2.31. The Labute approximate surface area is 98.8 Å². The standard InChI is InChI=1S/C10H23N3O2S/c1-3-12(9-10(2)8-11)16(14,15)13-6-4-5-7-13/h10H,3-9,11H2,1-2H3. The van der Waals surface area contributed by atoms with Gasteiger partial charge in [0.05, 0.1) is 0 Å². The quantitative estimate of drug-likeness (QED) is 0.733. The highest BCUT2D eigenvalue weighted by molar-refractivity contribution is 7.86. The molecule has 0 bridgehead atoms. The summed E-state index contributed by atoms with van der Waals surface area (Å²) in [5.41, 5.74) is 5.54. The Morgan fingerprint density at radius 1 is 1.38 bits per heavy atom. The maximum absolute atomic E-state index is 12.2. The maximum atomic E-state index is 12.2. The molecule has 1 fully saturated rings. The molecule has 5 nitrogen and oxygen atoms in total. The molecule has 1 heterocycles. The van der Waals surface area contributed by atoms with Crippen molar-refractivity contribution in [2.75, 3.05) is 32.7 Å². The lowest BCUT2D eigenvalue weighted by atomic mass is 10.2. The molecule has 1 atom stereocenters. The van der Waals surface area contributed by atoms with E-state index in [1.54, 1.807) is 4.31 Å². The fourth-order valence-corrected chi connectivity index (χ4v) is 3.71. The smallest absolute Gasteiger partial charge is 0.281 e. The summed E-state index contributed by atoms with van der Waals surface area (Å²) < 4.78 is 27.6. The molecule has 0 radical (unpaired) electrons. The van der Waals surface area contributed by atoms with E-state index in [9.17, 15) is 8.42 Å². The van der Waals surface area contributed by atoms with Gasteiger partial charge in [0, 0.05) is 26.2 Å². The van der Waals surface area contributed by atoms with Crippen molar-refractivity contribution in [3.8, 4) is 0 Å². The SMILES string of the molecule is CCN(CC(C)CN)S(=O)(=O)N1CCCC1. The Kier molecular flexibility index (Phi) is 5.17. The van der Waals surface area contributed by atoms with Crippen LogP contribution in [0, 0.1) is 5.92 Å². The lowest BCUT2D eigenvalue weighted by Gasteiger charge is -2.27. The van der Waals surface area contributed by atoms with E-state index in [-0.39, 0.29) is 5.92 Å². The van der Waals surface area contributed by atoms with Crippen molar-refractivity contribution in [3.63, 3.8) is 0 Å². The topological polar surface area (TPSA) is 66.6 Å². The maximum Gasteiger partial charge on any atom is 0.281 e. The van der Waals surface area contributed by atoms with Crippen LogP contribution in [0.5, 0.6) is 0 Å². The summed E-state index contributed by atoms with van der Waals surface area (Å²) in [6.07, 6.45) is 1.95. The molecule has 0 saturated carbocycles. The predicted molar refractivity (Wildman–Crippen MR) is 65.2 cm³/mol. The van der Waals surface area contributed by atoms with Gasteiger partial charge >= 0.3 is 0 Å². The van der Waals surface area contributed by atoms with E-state index in [1.165, 1.54) is 4.31 Å². The van der Waals surface area contributed by atoms with Crippen molar-refractivity contribution in [2.24, 2.45) is 11.7 Å². The van der Waals surface area contributed by atoms with Gasteiger partial charge in [0.15, 0.2) is 0 Å². The number of nitrogens with two attached hydrogens (primary N) is 1. The monoisotopic (exact) mass is 249 g/mol. The van der Waals surface area contributed by atoms with E-state index in [0.717, 1.165) is 12.8 Å². The molecule has 16 heavy (non-hydrogen) atoms.